The minimum Gasteiger partial charge on any atom is -0.461 e. The Hall–Kier alpha value is -1.22. The van der Waals surface area contributed by atoms with Gasteiger partial charge < -0.3 is 19.3 Å². The maximum Gasteiger partial charge on any atom is 0.360 e. The summed E-state index contributed by atoms with van der Waals surface area (Å²) in [5, 5.41) is 17.4. The Morgan fingerprint density at radius 1 is 1.48 bits per heavy atom. The standard InChI is InChI=1S/C12H20ClN3O5/c1-3-21-12(18)11-10(6-13)16(15-14-11)7-9(17)8-20-5-4-19-2/h9,17H,3-8H2,1-2H3. The second kappa shape index (κ2) is 9.67. The number of carbonyl (C=O) groups is 1. The Morgan fingerprint density at radius 3 is 2.86 bits per heavy atom. The largest absolute Gasteiger partial charge is 0.461 e. The summed E-state index contributed by atoms with van der Waals surface area (Å²) in [4.78, 5) is 11.7. The molecule has 1 atom stereocenters. The quantitative estimate of drug-likeness (QED) is 0.374. The van der Waals surface area contributed by atoms with Crippen LogP contribution in [0.4, 0.5) is 0 Å². The molecule has 21 heavy (non-hydrogen) atoms. The molecule has 9 heteroatoms. The number of aliphatic hydroxyl groups is 1. The van der Waals surface area contributed by atoms with Gasteiger partial charge >= 0.3 is 5.97 Å². The van der Waals surface area contributed by atoms with Crippen LogP contribution in [0.25, 0.3) is 0 Å². The van der Waals surface area contributed by atoms with E-state index in [9.17, 15) is 9.90 Å². The van der Waals surface area contributed by atoms with E-state index in [4.69, 9.17) is 25.8 Å². The van der Waals surface area contributed by atoms with Crippen molar-refractivity contribution < 1.29 is 24.1 Å². The van der Waals surface area contributed by atoms with Gasteiger partial charge in [-0.15, -0.1) is 16.7 Å². The third-order valence-electron chi connectivity index (χ3n) is 2.56. The van der Waals surface area contributed by atoms with E-state index in [1.165, 1.54) is 4.68 Å². The molecule has 120 valence electrons. The van der Waals surface area contributed by atoms with E-state index in [1.807, 2.05) is 0 Å². The van der Waals surface area contributed by atoms with Gasteiger partial charge in [0.05, 0.1) is 50.7 Å². The maximum atomic E-state index is 11.7. The highest BCUT2D eigenvalue weighted by Crippen LogP contribution is 2.11. The van der Waals surface area contributed by atoms with Gasteiger partial charge in [-0.05, 0) is 6.92 Å². The molecule has 0 radical (unpaired) electrons. The third kappa shape index (κ3) is 5.58. The highest BCUT2D eigenvalue weighted by molar-refractivity contribution is 6.17. The number of esters is 1. The lowest BCUT2D eigenvalue weighted by molar-refractivity contribution is 0.00553. The first kappa shape index (κ1) is 17.8. The number of alkyl halides is 1. The van der Waals surface area contributed by atoms with Crippen molar-refractivity contribution in [1.82, 2.24) is 15.0 Å². The van der Waals surface area contributed by atoms with E-state index >= 15 is 0 Å². The Balaban J connectivity index is 2.60. The number of hydrogen-bond donors (Lipinski definition) is 1. The number of halogens is 1. The average molecular weight is 322 g/mol. The second-order valence-corrected chi connectivity index (χ2v) is 4.41. The molecule has 1 aromatic rings. The fourth-order valence-electron chi connectivity index (χ4n) is 1.58. The number of aromatic nitrogens is 3. The zero-order valence-corrected chi connectivity index (χ0v) is 12.9. The summed E-state index contributed by atoms with van der Waals surface area (Å²) in [5.41, 5.74) is 0.477. The van der Waals surface area contributed by atoms with Crippen LogP contribution in [0.1, 0.15) is 23.1 Å². The van der Waals surface area contributed by atoms with Gasteiger partial charge in [0, 0.05) is 7.11 Å². The molecule has 1 N–H and O–H groups in total. The van der Waals surface area contributed by atoms with Crippen LogP contribution in [0.5, 0.6) is 0 Å². The van der Waals surface area contributed by atoms with Crippen LogP contribution in [0, 0.1) is 0 Å². The summed E-state index contributed by atoms with van der Waals surface area (Å²) in [6.45, 7) is 3.03. The lowest BCUT2D eigenvalue weighted by Gasteiger charge is -2.12. The molecule has 0 aliphatic heterocycles. The number of rotatable bonds is 10. The second-order valence-electron chi connectivity index (χ2n) is 4.14. The predicted molar refractivity (Wildman–Crippen MR) is 74.2 cm³/mol. The molecule has 0 aliphatic carbocycles. The van der Waals surface area contributed by atoms with E-state index in [-0.39, 0.29) is 31.3 Å². The van der Waals surface area contributed by atoms with Crippen molar-refractivity contribution in [2.45, 2.75) is 25.5 Å². The Bertz CT molecular complexity index is 441. The number of hydrogen-bond acceptors (Lipinski definition) is 7. The normalized spacial score (nSPS) is 12.4. The molecule has 0 saturated carbocycles. The van der Waals surface area contributed by atoms with Crippen molar-refractivity contribution in [2.75, 3.05) is 33.5 Å². The van der Waals surface area contributed by atoms with Crippen molar-refractivity contribution in [3.63, 3.8) is 0 Å². The summed E-state index contributed by atoms with van der Waals surface area (Å²) in [6.07, 6.45) is -0.791. The summed E-state index contributed by atoms with van der Waals surface area (Å²) in [6, 6.07) is 0. The van der Waals surface area contributed by atoms with Crippen molar-refractivity contribution in [3.05, 3.63) is 11.4 Å². The number of aliphatic hydroxyl groups excluding tert-OH is 1. The van der Waals surface area contributed by atoms with Crippen LogP contribution in [0.3, 0.4) is 0 Å². The molecule has 1 unspecified atom stereocenters. The molecule has 0 saturated heterocycles. The first-order valence-corrected chi connectivity index (χ1v) is 7.07. The predicted octanol–water partition coefficient (Wildman–Crippen LogP) is 0.217. The summed E-state index contributed by atoms with van der Waals surface area (Å²) >= 11 is 5.81. The summed E-state index contributed by atoms with van der Waals surface area (Å²) in [7, 11) is 1.57. The first-order chi connectivity index (χ1) is 10.1. The molecule has 0 aliphatic rings. The van der Waals surface area contributed by atoms with Crippen LogP contribution in [0.15, 0.2) is 0 Å². The topological polar surface area (TPSA) is 95.7 Å². The fraction of sp³-hybridized carbons (Fsp3) is 0.750. The van der Waals surface area contributed by atoms with Gasteiger partial charge in [-0.1, -0.05) is 5.21 Å². The van der Waals surface area contributed by atoms with Crippen LogP contribution in [0.2, 0.25) is 0 Å². The van der Waals surface area contributed by atoms with Gasteiger partial charge in [0.15, 0.2) is 5.69 Å². The van der Waals surface area contributed by atoms with E-state index in [2.05, 4.69) is 10.3 Å². The lowest BCUT2D eigenvalue weighted by Crippen LogP contribution is -2.24. The van der Waals surface area contributed by atoms with Gasteiger partial charge in [-0.25, -0.2) is 9.48 Å². The summed E-state index contributed by atoms with van der Waals surface area (Å²) < 4.78 is 16.3. The SMILES string of the molecule is CCOC(=O)c1nnn(CC(O)COCCOC)c1CCl. The first-order valence-electron chi connectivity index (χ1n) is 6.54. The van der Waals surface area contributed by atoms with Crippen LogP contribution in [-0.4, -0.2) is 65.7 Å². The highest BCUT2D eigenvalue weighted by atomic mass is 35.5. The molecule has 0 spiro atoms. The van der Waals surface area contributed by atoms with Crippen LogP contribution in [-0.2, 0) is 26.6 Å². The minimum atomic E-state index is -0.791. The van der Waals surface area contributed by atoms with Gasteiger partial charge in [0.1, 0.15) is 0 Å². The molecular weight excluding hydrogens is 302 g/mol. The van der Waals surface area contributed by atoms with E-state index < -0.39 is 12.1 Å². The molecule has 0 fully saturated rings. The zero-order valence-electron chi connectivity index (χ0n) is 12.1. The monoisotopic (exact) mass is 321 g/mol. The highest BCUT2D eigenvalue weighted by Gasteiger charge is 2.21. The Labute approximate surface area is 127 Å². The van der Waals surface area contributed by atoms with Gasteiger partial charge in [-0.3, -0.25) is 0 Å². The van der Waals surface area contributed by atoms with Gasteiger partial charge in [0.2, 0.25) is 0 Å². The van der Waals surface area contributed by atoms with Crippen molar-refractivity contribution in [1.29, 1.82) is 0 Å². The van der Waals surface area contributed by atoms with Crippen molar-refractivity contribution >= 4 is 17.6 Å². The molecule has 0 bridgehead atoms. The van der Waals surface area contributed by atoms with Crippen molar-refractivity contribution in [2.24, 2.45) is 0 Å². The third-order valence-corrected chi connectivity index (χ3v) is 2.81. The number of ether oxygens (including phenoxy) is 3. The van der Waals surface area contributed by atoms with E-state index in [1.54, 1.807) is 14.0 Å². The molecule has 1 aromatic heterocycles. The molecule has 8 nitrogen and oxygen atoms in total. The van der Waals surface area contributed by atoms with Gasteiger partial charge in [-0.2, -0.15) is 0 Å². The fourth-order valence-corrected chi connectivity index (χ4v) is 1.85. The van der Waals surface area contributed by atoms with E-state index in [0.717, 1.165) is 0 Å². The van der Waals surface area contributed by atoms with Crippen LogP contribution < -0.4 is 0 Å². The molecule has 1 heterocycles. The number of carbonyl (C=O) groups excluding carboxylic acids is 1. The minimum absolute atomic E-state index is 0.0401. The smallest absolute Gasteiger partial charge is 0.360 e. The molecule has 1 rings (SSSR count). The Morgan fingerprint density at radius 2 is 2.24 bits per heavy atom. The zero-order chi connectivity index (χ0) is 15.7. The maximum absolute atomic E-state index is 11.7. The lowest BCUT2D eigenvalue weighted by atomic mass is 10.3. The van der Waals surface area contributed by atoms with E-state index in [0.29, 0.717) is 18.9 Å². The van der Waals surface area contributed by atoms with Crippen molar-refractivity contribution in [3.8, 4) is 0 Å². The average Bonchev–Trinajstić information content (AvgIpc) is 2.86. The number of methoxy groups -OCH3 is 1. The number of nitrogens with zero attached hydrogens (tertiary/aromatic N) is 3. The van der Waals surface area contributed by atoms with Crippen LogP contribution >= 0.6 is 11.6 Å². The molecule has 0 amide bonds. The summed E-state index contributed by atoms with van der Waals surface area (Å²) in [5.74, 6) is -0.538. The molecule has 0 aromatic carbocycles. The van der Waals surface area contributed by atoms with Gasteiger partial charge in [0.25, 0.3) is 0 Å². The Kier molecular flexibility index (Phi) is 8.21. The molecular formula is C12H20ClN3O5.